The molecule has 2 aromatic heterocycles. The van der Waals surface area contributed by atoms with Gasteiger partial charge in [0.05, 0.1) is 12.0 Å². The summed E-state index contributed by atoms with van der Waals surface area (Å²) in [5.74, 6) is 5.94. The van der Waals surface area contributed by atoms with Crippen LogP contribution in [0.1, 0.15) is 11.8 Å². The van der Waals surface area contributed by atoms with Crippen LogP contribution in [-0.4, -0.2) is 35.6 Å². The lowest BCUT2D eigenvalue weighted by atomic mass is 10.3. The Morgan fingerprint density at radius 1 is 1.48 bits per heavy atom. The monoisotopic (exact) mass is 310 g/mol. The summed E-state index contributed by atoms with van der Waals surface area (Å²) in [7, 11) is 0. The molecule has 21 heavy (non-hydrogen) atoms. The number of fused-ring (bicyclic) bond motifs is 1. The van der Waals surface area contributed by atoms with Crippen molar-refractivity contribution in [3.05, 3.63) is 10.9 Å². The first-order valence-electron chi connectivity index (χ1n) is 6.51. The van der Waals surface area contributed by atoms with Gasteiger partial charge in [-0.25, -0.2) is 10.8 Å². The van der Waals surface area contributed by atoms with Crippen LogP contribution < -0.4 is 22.3 Å². The number of aryl methyl sites for hydroxylation is 1. The van der Waals surface area contributed by atoms with E-state index >= 15 is 0 Å². The molecular weight excluding hydrogens is 292 g/mol. The highest BCUT2D eigenvalue weighted by molar-refractivity contribution is 7.18. The molecule has 0 aromatic carbocycles. The molecule has 0 unspecified atom stereocenters. The number of ether oxygens (including phenoxy) is 1. The van der Waals surface area contributed by atoms with E-state index in [0.717, 1.165) is 16.6 Å². The highest BCUT2D eigenvalue weighted by Gasteiger charge is 2.10. The Morgan fingerprint density at radius 2 is 2.29 bits per heavy atom. The number of hydrogen-bond donors (Lipinski definition) is 4. The fraction of sp³-hybridized carbons (Fsp3) is 0.417. The summed E-state index contributed by atoms with van der Waals surface area (Å²) in [6, 6.07) is 2.06. The highest BCUT2D eigenvalue weighted by atomic mass is 32.1. The lowest BCUT2D eigenvalue weighted by Gasteiger charge is -2.08. The lowest BCUT2D eigenvalue weighted by Crippen LogP contribution is -2.21. The van der Waals surface area contributed by atoms with Gasteiger partial charge in [-0.05, 0) is 12.5 Å². The SMILES string of the molecule is CCc1cc2c(NCCOCC(N)=O)nc(NN)nc2s1. The smallest absolute Gasteiger partial charge is 0.243 e. The van der Waals surface area contributed by atoms with E-state index in [1.807, 2.05) is 0 Å². The first-order chi connectivity index (χ1) is 10.1. The molecule has 0 aliphatic heterocycles. The maximum Gasteiger partial charge on any atom is 0.243 e. The molecule has 0 saturated carbocycles. The van der Waals surface area contributed by atoms with E-state index in [1.165, 1.54) is 4.88 Å². The van der Waals surface area contributed by atoms with E-state index < -0.39 is 5.91 Å². The van der Waals surface area contributed by atoms with Crippen LogP contribution in [0.3, 0.4) is 0 Å². The van der Waals surface area contributed by atoms with Gasteiger partial charge in [0, 0.05) is 11.4 Å². The number of aromatic nitrogens is 2. The first kappa shape index (κ1) is 15.4. The van der Waals surface area contributed by atoms with Crippen LogP contribution in [0.25, 0.3) is 10.2 Å². The van der Waals surface area contributed by atoms with Crippen LogP contribution >= 0.6 is 11.3 Å². The molecule has 1 amide bonds. The van der Waals surface area contributed by atoms with Gasteiger partial charge < -0.3 is 15.8 Å². The van der Waals surface area contributed by atoms with Crippen molar-refractivity contribution in [3.63, 3.8) is 0 Å². The predicted molar refractivity (Wildman–Crippen MR) is 83.1 cm³/mol. The Kier molecular flexibility index (Phi) is 5.26. The number of anilines is 2. The zero-order valence-corrected chi connectivity index (χ0v) is 12.5. The molecule has 0 atom stereocenters. The van der Waals surface area contributed by atoms with Crippen molar-refractivity contribution in [2.45, 2.75) is 13.3 Å². The summed E-state index contributed by atoms with van der Waals surface area (Å²) in [5.41, 5.74) is 7.45. The van der Waals surface area contributed by atoms with Gasteiger partial charge in [-0.2, -0.15) is 4.98 Å². The molecule has 0 aliphatic rings. The van der Waals surface area contributed by atoms with Crippen molar-refractivity contribution < 1.29 is 9.53 Å². The molecule has 0 fully saturated rings. The van der Waals surface area contributed by atoms with Crippen molar-refractivity contribution in [1.29, 1.82) is 0 Å². The maximum absolute atomic E-state index is 10.6. The number of carbonyl (C=O) groups is 1. The Morgan fingerprint density at radius 3 is 2.95 bits per heavy atom. The molecule has 6 N–H and O–H groups in total. The van der Waals surface area contributed by atoms with E-state index in [-0.39, 0.29) is 6.61 Å². The molecule has 0 aliphatic carbocycles. The Bertz CT molecular complexity index is 629. The quantitative estimate of drug-likeness (QED) is 0.316. The summed E-state index contributed by atoms with van der Waals surface area (Å²) < 4.78 is 5.09. The predicted octanol–water partition coefficient (Wildman–Crippen LogP) is 0.453. The number of nitrogens with two attached hydrogens (primary N) is 2. The normalized spacial score (nSPS) is 10.8. The van der Waals surface area contributed by atoms with E-state index in [1.54, 1.807) is 11.3 Å². The molecule has 0 bridgehead atoms. The van der Waals surface area contributed by atoms with Gasteiger partial charge in [0.15, 0.2) is 0 Å². The largest absolute Gasteiger partial charge is 0.370 e. The minimum atomic E-state index is -0.487. The van der Waals surface area contributed by atoms with Crippen LogP contribution in [0.4, 0.5) is 11.8 Å². The Hall–Kier alpha value is -1.97. The number of hydrazine groups is 1. The summed E-state index contributed by atoms with van der Waals surface area (Å²) >= 11 is 1.61. The average Bonchev–Trinajstić information content (AvgIpc) is 2.89. The van der Waals surface area contributed by atoms with Gasteiger partial charge in [0.25, 0.3) is 0 Å². The summed E-state index contributed by atoms with van der Waals surface area (Å²) in [5, 5.41) is 4.11. The second-order valence-corrected chi connectivity index (χ2v) is 5.39. The molecule has 0 spiro atoms. The van der Waals surface area contributed by atoms with Gasteiger partial charge in [-0.15, -0.1) is 11.3 Å². The molecule has 2 heterocycles. The molecule has 9 heteroatoms. The molecule has 8 nitrogen and oxygen atoms in total. The van der Waals surface area contributed by atoms with Crippen molar-refractivity contribution in [3.8, 4) is 0 Å². The lowest BCUT2D eigenvalue weighted by molar-refractivity contribution is -0.122. The van der Waals surface area contributed by atoms with Crippen LogP contribution in [0.5, 0.6) is 0 Å². The molecular formula is C12H18N6O2S. The molecule has 0 radical (unpaired) electrons. The third-order valence-corrected chi connectivity index (χ3v) is 3.88. The second kappa shape index (κ2) is 7.16. The Balaban J connectivity index is 2.09. The fourth-order valence-corrected chi connectivity index (χ4v) is 2.73. The molecule has 2 rings (SSSR count). The maximum atomic E-state index is 10.6. The van der Waals surface area contributed by atoms with Gasteiger partial charge in [0.1, 0.15) is 17.3 Å². The van der Waals surface area contributed by atoms with Gasteiger partial charge in [-0.3, -0.25) is 10.2 Å². The number of nitrogens with one attached hydrogen (secondary N) is 2. The minimum absolute atomic E-state index is 0.0884. The summed E-state index contributed by atoms with van der Waals surface area (Å²) in [6.45, 7) is 2.85. The zero-order valence-electron chi connectivity index (χ0n) is 11.7. The number of nitrogens with zero attached hydrogens (tertiary/aromatic N) is 2. The van der Waals surface area contributed by atoms with Crippen molar-refractivity contribution >= 4 is 39.2 Å². The number of rotatable bonds is 8. The first-order valence-corrected chi connectivity index (χ1v) is 7.32. The standard InChI is InChI=1S/C12H18N6O2S/c1-2-7-5-8-10(15-3-4-20-6-9(13)19)16-12(18-14)17-11(8)21-7/h5H,2-4,6,14H2,1H3,(H2,13,19)(H2,15,16,17,18). The molecule has 114 valence electrons. The number of hydrogen-bond acceptors (Lipinski definition) is 8. The van der Waals surface area contributed by atoms with E-state index in [4.69, 9.17) is 16.3 Å². The van der Waals surface area contributed by atoms with E-state index in [2.05, 4.69) is 33.7 Å². The average molecular weight is 310 g/mol. The van der Waals surface area contributed by atoms with Gasteiger partial charge in [-0.1, -0.05) is 6.92 Å². The minimum Gasteiger partial charge on any atom is -0.370 e. The van der Waals surface area contributed by atoms with Crippen molar-refractivity contribution in [2.75, 3.05) is 30.5 Å². The van der Waals surface area contributed by atoms with Crippen LogP contribution in [0.15, 0.2) is 6.07 Å². The third kappa shape index (κ3) is 4.00. The zero-order chi connectivity index (χ0) is 15.2. The molecule has 2 aromatic rings. The Labute approximate surface area is 125 Å². The fourth-order valence-electron chi connectivity index (χ4n) is 1.76. The third-order valence-electron chi connectivity index (χ3n) is 2.70. The topological polar surface area (TPSA) is 128 Å². The van der Waals surface area contributed by atoms with Crippen LogP contribution in [0, 0.1) is 0 Å². The number of carbonyl (C=O) groups excluding carboxylic acids is 1. The number of primary amides is 1. The van der Waals surface area contributed by atoms with Gasteiger partial charge >= 0.3 is 0 Å². The van der Waals surface area contributed by atoms with Crippen LogP contribution in [0.2, 0.25) is 0 Å². The summed E-state index contributed by atoms with van der Waals surface area (Å²) in [6.07, 6.45) is 0.938. The van der Waals surface area contributed by atoms with Gasteiger partial charge in [0.2, 0.25) is 11.9 Å². The number of nitrogen functional groups attached to an aromatic ring is 1. The van der Waals surface area contributed by atoms with Crippen molar-refractivity contribution in [1.82, 2.24) is 9.97 Å². The summed E-state index contributed by atoms with van der Waals surface area (Å²) in [4.78, 5) is 21.3. The van der Waals surface area contributed by atoms with Crippen molar-refractivity contribution in [2.24, 2.45) is 11.6 Å². The highest BCUT2D eigenvalue weighted by Crippen LogP contribution is 2.30. The van der Waals surface area contributed by atoms with Crippen LogP contribution in [-0.2, 0) is 16.0 Å². The number of amides is 1. The van der Waals surface area contributed by atoms with E-state index in [9.17, 15) is 4.79 Å². The van der Waals surface area contributed by atoms with E-state index in [0.29, 0.717) is 24.9 Å². The second-order valence-electron chi connectivity index (χ2n) is 4.27. The number of thiophene rings is 1. The molecule has 0 saturated heterocycles.